The fraction of sp³-hybridized carbons (Fsp3) is 0.167. The SMILES string of the molecule is C/C=C\C=C/COc1ccc(C(CN)C(=O)Nc2ccc3cnccc3c2)cc1. The van der Waals surface area contributed by atoms with Crippen molar-refractivity contribution in [3.63, 3.8) is 0 Å². The number of nitrogens with two attached hydrogens (primary N) is 1. The molecular formula is C24H25N3O2. The van der Waals surface area contributed by atoms with Crippen molar-refractivity contribution >= 4 is 22.4 Å². The Labute approximate surface area is 170 Å². The number of hydrogen-bond acceptors (Lipinski definition) is 4. The summed E-state index contributed by atoms with van der Waals surface area (Å²) in [6.07, 6.45) is 11.3. The number of rotatable bonds is 8. The normalized spacial score (nSPS) is 12.5. The maximum absolute atomic E-state index is 12.8. The third kappa shape index (κ3) is 5.53. The van der Waals surface area contributed by atoms with Crippen molar-refractivity contribution in [2.75, 3.05) is 18.5 Å². The number of nitrogens with zero attached hydrogens (tertiary/aromatic N) is 1. The zero-order valence-corrected chi connectivity index (χ0v) is 16.4. The number of nitrogens with one attached hydrogen (secondary N) is 1. The lowest BCUT2D eigenvalue weighted by Crippen LogP contribution is -2.27. The second-order valence-corrected chi connectivity index (χ2v) is 6.55. The number of amides is 1. The number of carbonyl (C=O) groups is 1. The van der Waals surface area contributed by atoms with Crippen LogP contribution >= 0.6 is 0 Å². The second-order valence-electron chi connectivity index (χ2n) is 6.55. The predicted octanol–water partition coefficient (Wildman–Crippen LogP) is 4.43. The molecule has 1 amide bonds. The Morgan fingerprint density at radius 2 is 1.97 bits per heavy atom. The number of pyridine rings is 1. The molecule has 1 atom stereocenters. The van der Waals surface area contributed by atoms with Gasteiger partial charge < -0.3 is 15.8 Å². The maximum Gasteiger partial charge on any atom is 0.233 e. The Kier molecular flexibility index (Phi) is 7.14. The van der Waals surface area contributed by atoms with E-state index in [-0.39, 0.29) is 12.5 Å². The highest BCUT2D eigenvalue weighted by Crippen LogP contribution is 2.23. The van der Waals surface area contributed by atoms with Crippen molar-refractivity contribution in [2.24, 2.45) is 5.73 Å². The molecule has 0 aliphatic heterocycles. The van der Waals surface area contributed by atoms with E-state index in [0.29, 0.717) is 6.61 Å². The molecule has 0 aliphatic rings. The third-order valence-corrected chi connectivity index (χ3v) is 4.53. The minimum atomic E-state index is -0.438. The van der Waals surface area contributed by atoms with Gasteiger partial charge in [-0.3, -0.25) is 9.78 Å². The quantitative estimate of drug-likeness (QED) is 0.561. The highest BCUT2D eigenvalue weighted by molar-refractivity contribution is 5.98. The van der Waals surface area contributed by atoms with Crippen LogP contribution in [0.2, 0.25) is 0 Å². The van der Waals surface area contributed by atoms with Gasteiger partial charge >= 0.3 is 0 Å². The average Bonchev–Trinajstić information content (AvgIpc) is 2.75. The number of aromatic nitrogens is 1. The molecule has 0 saturated carbocycles. The molecular weight excluding hydrogens is 362 g/mol. The topological polar surface area (TPSA) is 77.2 Å². The van der Waals surface area contributed by atoms with Gasteiger partial charge in [0.15, 0.2) is 0 Å². The zero-order valence-electron chi connectivity index (χ0n) is 16.4. The second kappa shape index (κ2) is 10.2. The number of ether oxygens (including phenoxy) is 1. The van der Waals surface area contributed by atoms with Gasteiger partial charge in [0.25, 0.3) is 0 Å². The number of fused-ring (bicyclic) bond motifs is 1. The highest BCUT2D eigenvalue weighted by Gasteiger charge is 2.19. The maximum atomic E-state index is 12.8. The molecule has 2 aromatic carbocycles. The first-order valence-electron chi connectivity index (χ1n) is 9.56. The Morgan fingerprint density at radius 1 is 1.14 bits per heavy atom. The molecule has 0 saturated heterocycles. The van der Waals surface area contributed by atoms with Crippen LogP contribution in [0.4, 0.5) is 5.69 Å². The summed E-state index contributed by atoms with van der Waals surface area (Å²) in [5.41, 5.74) is 7.49. The number of carbonyl (C=O) groups excluding carboxylic acids is 1. The van der Waals surface area contributed by atoms with Crippen molar-refractivity contribution in [1.82, 2.24) is 4.98 Å². The van der Waals surface area contributed by atoms with Gasteiger partial charge in [-0.05, 0) is 54.3 Å². The van der Waals surface area contributed by atoms with Crippen molar-refractivity contribution in [3.8, 4) is 5.75 Å². The van der Waals surface area contributed by atoms with Crippen LogP contribution in [0.3, 0.4) is 0 Å². The van der Waals surface area contributed by atoms with Crippen LogP contribution in [0.25, 0.3) is 10.8 Å². The molecule has 3 N–H and O–H groups in total. The van der Waals surface area contributed by atoms with Gasteiger partial charge in [0.05, 0.1) is 5.92 Å². The van der Waals surface area contributed by atoms with E-state index < -0.39 is 5.92 Å². The smallest absolute Gasteiger partial charge is 0.233 e. The first-order valence-corrected chi connectivity index (χ1v) is 9.56. The van der Waals surface area contributed by atoms with Gasteiger partial charge in [-0.25, -0.2) is 0 Å². The fourth-order valence-electron chi connectivity index (χ4n) is 2.97. The minimum Gasteiger partial charge on any atom is -0.490 e. The van der Waals surface area contributed by atoms with E-state index in [1.54, 1.807) is 12.4 Å². The molecule has 0 spiro atoms. The van der Waals surface area contributed by atoms with Gasteiger partial charge in [0.2, 0.25) is 5.91 Å². The molecule has 0 fully saturated rings. The monoisotopic (exact) mass is 387 g/mol. The van der Waals surface area contributed by atoms with Crippen molar-refractivity contribution in [3.05, 3.63) is 90.8 Å². The third-order valence-electron chi connectivity index (χ3n) is 4.53. The molecule has 148 valence electrons. The number of anilines is 1. The van der Waals surface area contributed by atoms with Crippen molar-refractivity contribution in [1.29, 1.82) is 0 Å². The largest absolute Gasteiger partial charge is 0.490 e. The first-order chi connectivity index (χ1) is 14.2. The lowest BCUT2D eigenvalue weighted by atomic mass is 9.98. The molecule has 0 bridgehead atoms. The van der Waals surface area contributed by atoms with Crippen LogP contribution in [0, 0.1) is 0 Å². The van der Waals surface area contributed by atoms with Crippen molar-refractivity contribution < 1.29 is 9.53 Å². The molecule has 3 rings (SSSR count). The van der Waals surface area contributed by atoms with E-state index in [4.69, 9.17) is 10.5 Å². The van der Waals surface area contributed by atoms with E-state index >= 15 is 0 Å². The Bertz CT molecular complexity index is 1010. The molecule has 0 radical (unpaired) electrons. The summed E-state index contributed by atoms with van der Waals surface area (Å²) in [4.78, 5) is 16.9. The molecule has 1 aromatic heterocycles. The predicted molar refractivity (Wildman–Crippen MR) is 118 cm³/mol. The van der Waals surface area contributed by atoms with E-state index in [0.717, 1.165) is 27.8 Å². The number of allylic oxidation sites excluding steroid dienone is 3. The summed E-state index contributed by atoms with van der Waals surface area (Å²) in [6, 6.07) is 15.1. The van der Waals surface area contributed by atoms with Crippen LogP contribution < -0.4 is 15.8 Å². The number of benzene rings is 2. The number of hydrogen-bond donors (Lipinski definition) is 2. The van der Waals surface area contributed by atoms with Gasteiger partial charge in [-0.2, -0.15) is 0 Å². The van der Waals surface area contributed by atoms with Gasteiger partial charge in [0.1, 0.15) is 12.4 Å². The molecule has 3 aromatic rings. The Balaban J connectivity index is 1.65. The molecule has 0 aliphatic carbocycles. The van der Waals surface area contributed by atoms with E-state index in [1.165, 1.54) is 0 Å². The zero-order chi connectivity index (χ0) is 20.5. The summed E-state index contributed by atoms with van der Waals surface area (Å²) >= 11 is 0. The summed E-state index contributed by atoms with van der Waals surface area (Å²) in [5.74, 6) is 0.175. The van der Waals surface area contributed by atoms with Crippen molar-refractivity contribution in [2.45, 2.75) is 12.8 Å². The standard InChI is InChI=1S/C24H25N3O2/c1-2-3-4-5-14-29-22-10-7-18(8-11-22)23(16-25)24(28)27-21-9-6-20-17-26-13-12-19(20)15-21/h2-13,15,17,23H,14,16,25H2,1H3,(H,27,28)/b3-2-,5-4-. The molecule has 1 unspecified atom stereocenters. The van der Waals surface area contributed by atoms with E-state index in [2.05, 4.69) is 10.3 Å². The van der Waals surface area contributed by atoms with Crippen LogP contribution in [-0.4, -0.2) is 24.0 Å². The highest BCUT2D eigenvalue weighted by atomic mass is 16.5. The summed E-state index contributed by atoms with van der Waals surface area (Å²) < 4.78 is 5.66. The Morgan fingerprint density at radius 3 is 2.72 bits per heavy atom. The lowest BCUT2D eigenvalue weighted by Gasteiger charge is -2.16. The molecule has 5 heteroatoms. The Hall–Kier alpha value is -3.44. The van der Waals surface area contributed by atoms with Gasteiger partial charge in [-0.1, -0.05) is 36.4 Å². The summed E-state index contributed by atoms with van der Waals surface area (Å²) in [6.45, 7) is 2.67. The van der Waals surface area contributed by atoms with Gasteiger partial charge in [0, 0.05) is 30.0 Å². The van der Waals surface area contributed by atoms with Crippen LogP contribution in [0.5, 0.6) is 5.75 Å². The average molecular weight is 387 g/mol. The van der Waals surface area contributed by atoms with Crippen LogP contribution in [0.1, 0.15) is 18.4 Å². The minimum absolute atomic E-state index is 0.135. The fourth-order valence-corrected chi connectivity index (χ4v) is 2.97. The lowest BCUT2D eigenvalue weighted by molar-refractivity contribution is -0.117. The molecule has 1 heterocycles. The molecule has 5 nitrogen and oxygen atoms in total. The summed E-state index contributed by atoms with van der Waals surface area (Å²) in [7, 11) is 0. The van der Waals surface area contributed by atoms with Gasteiger partial charge in [-0.15, -0.1) is 0 Å². The van der Waals surface area contributed by atoms with E-state index in [9.17, 15) is 4.79 Å². The first kappa shape index (κ1) is 20.3. The summed E-state index contributed by atoms with van der Waals surface area (Å²) in [5, 5.41) is 5.01. The molecule has 29 heavy (non-hydrogen) atoms. The van der Waals surface area contributed by atoms with E-state index in [1.807, 2.05) is 79.8 Å². The van der Waals surface area contributed by atoms with Crippen LogP contribution in [0.15, 0.2) is 85.2 Å². The van der Waals surface area contributed by atoms with Crippen LogP contribution in [-0.2, 0) is 4.79 Å².